The first-order valence-corrected chi connectivity index (χ1v) is 7.96. The summed E-state index contributed by atoms with van der Waals surface area (Å²) in [6, 6.07) is 12.7. The molecule has 0 fully saturated rings. The Hall–Kier alpha value is -2.20. The molecule has 2 aromatic carbocycles. The number of halogens is 1. The maximum Gasteiger partial charge on any atom is 0.255 e. The van der Waals surface area contributed by atoms with E-state index in [2.05, 4.69) is 24.1 Å². The van der Waals surface area contributed by atoms with Crippen molar-refractivity contribution in [3.05, 3.63) is 53.1 Å². The van der Waals surface area contributed by atoms with Gasteiger partial charge in [-0.05, 0) is 56.3 Å². The highest BCUT2D eigenvalue weighted by Crippen LogP contribution is 2.27. The first-order chi connectivity index (χ1) is 11.1. The van der Waals surface area contributed by atoms with Crippen molar-refractivity contribution in [1.29, 1.82) is 0 Å². The Labute approximate surface area is 142 Å². The molecule has 0 aliphatic rings. The SMILES string of the molecule is CCN(CC)c1ccc(C(=O)Nc2ccc(OC)c(Cl)c2)cc1. The fraction of sp³-hybridized carbons (Fsp3) is 0.278. The second kappa shape index (κ2) is 7.88. The van der Waals surface area contributed by atoms with Crippen LogP contribution in [0, 0.1) is 0 Å². The number of carbonyl (C=O) groups is 1. The summed E-state index contributed by atoms with van der Waals surface area (Å²) in [5.41, 5.74) is 2.35. The number of carbonyl (C=O) groups excluding carboxylic acids is 1. The molecule has 0 aromatic heterocycles. The van der Waals surface area contributed by atoms with Crippen molar-refractivity contribution in [3.63, 3.8) is 0 Å². The molecule has 0 heterocycles. The average molecular weight is 333 g/mol. The van der Waals surface area contributed by atoms with Gasteiger partial charge in [-0.3, -0.25) is 4.79 Å². The highest BCUT2D eigenvalue weighted by atomic mass is 35.5. The zero-order valence-corrected chi connectivity index (χ0v) is 14.4. The second-order valence-electron chi connectivity index (χ2n) is 5.02. The van der Waals surface area contributed by atoms with Gasteiger partial charge >= 0.3 is 0 Å². The van der Waals surface area contributed by atoms with Gasteiger partial charge in [-0.25, -0.2) is 0 Å². The number of rotatable bonds is 6. The Balaban J connectivity index is 2.10. The third-order valence-corrected chi connectivity index (χ3v) is 3.96. The molecule has 0 aliphatic heterocycles. The molecule has 0 spiro atoms. The van der Waals surface area contributed by atoms with E-state index in [1.54, 1.807) is 25.3 Å². The Morgan fingerprint density at radius 2 is 1.78 bits per heavy atom. The smallest absolute Gasteiger partial charge is 0.255 e. The predicted octanol–water partition coefficient (Wildman–Crippen LogP) is 4.45. The van der Waals surface area contributed by atoms with Gasteiger partial charge < -0.3 is 15.0 Å². The summed E-state index contributed by atoms with van der Waals surface area (Å²) < 4.78 is 5.10. The van der Waals surface area contributed by atoms with Crippen LogP contribution in [0.25, 0.3) is 0 Å². The van der Waals surface area contributed by atoms with Crippen molar-refractivity contribution in [2.45, 2.75) is 13.8 Å². The quantitative estimate of drug-likeness (QED) is 0.849. The van der Waals surface area contributed by atoms with Crippen molar-refractivity contribution in [1.82, 2.24) is 0 Å². The van der Waals surface area contributed by atoms with E-state index in [-0.39, 0.29) is 5.91 Å². The fourth-order valence-electron chi connectivity index (χ4n) is 2.36. The van der Waals surface area contributed by atoms with Gasteiger partial charge in [0.2, 0.25) is 0 Å². The van der Waals surface area contributed by atoms with Crippen LogP contribution in [0.5, 0.6) is 5.75 Å². The summed E-state index contributed by atoms with van der Waals surface area (Å²) in [7, 11) is 1.55. The largest absolute Gasteiger partial charge is 0.495 e. The third kappa shape index (κ3) is 4.17. The number of nitrogens with zero attached hydrogens (tertiary/aromatic N) is 1. The molecular formula is C18H21ClN2O2. The molecule has 0 saturated carbocycles. The van der Waals surface area contributed by atoms with Crippen molar-refractivity contribution in [2.24, 2.45) is 0 Å². The maximum absolute atomic E-state index is 12.3. The van der Waals surface area contributed by atoms with Crippen LogP contribution in [0.1, 0.15) is 24.2 Å². The van der Waals surface area contributed by atoms with Crippen LogP contribution in [0.15, 0.2) is 42.5 Å². The molecule has 2 rings (SSSR count). The fourth-order valence-corrected chi connectivity index (χ4v) is 2.62. The van der Waals surface area contributed by atoms with Crippen LogP contribution in [-0.4, -0.2) is 26.1 Å². The van der Waals surface area contributed by atoms with Gasteiger partial charge in [0.1, 0.15) is 5.75 Å². The molecule has 23 heavy (non-hydrogen) atoms. The van der Waals surface area contributed by atoms with E-state index in [4.69, 9.17) is 16.3 Å². The molecule has 4 nitrogen and oxygen atoms in total. The number of amides is 1. The number of benzene rings is 2. The number of hydrogen-bond acceptors (Lipinski definition) is 3. The van der Waals surface area contributed by atoms with Crippen molar-refractivity contribution in [2.75, 3.05) is 30.4 Å². The van der Waals surface area contributed by atoms with Crippen LogP contribution in [0.2, 0.25) is 5.02 Å². The minimum atomic E-state index is -0.169. The van der Waals surface area contributed by atoms with E-state index in [0.717, 1.165) is 18.8 Å². The Morgan fingerprint density at radius 1 is 1.13 bits per heavy atom. The van der Waals surface area contributed by atoms with Gasteiger partial charge in [-0.1, -0.05) is 11.6 Å². The number of methoxy groups -OCH3 is 1. The molecule has 0 bridgehead atoms. The lowest BCUT2D eigenvalue weighted by Gasteiger charge is -2.21. The van der Waals surface area contributed by atoms with Crippen molar-refractivity contribution < 1.29 is 9.53 Å². The van der Waals surface area contributed by atoms with Crippen LogP contribution in [0.3, 0.4) is 0 Å². The van der Waals surface area contributed by atoms with E-state index in [0.29, 0.717) is 22.0 Å². The van der Waals surface area contributed by atoms with Crippen LogP contribution < -0.4 is 15.0 Å². The standard InChI is InChI=1S/C18H21ClN2O2/c1-4-21(5-2)15-9-6-13(7-10-15)18(22)20-14-8-11-17(23-3)16(19)12-14/h6-12H,4-5H2,1-3H3,(H,20,22). The van der Waals surface area contributed by atoms with Crippen molar-refractivity contribution in [3.8, 4) is 5.75 Å². The summed E-state index contributed by atoms with van der Waals surface area (Å²) >= 11 is 6.06. The minimum absolute atomic E-state index is 0.169. The monoisotopic (exact) mass is 332 g/mol. The van der Waals surface area contributed by atoms with Crippen LogP contribution in [-0.2, 0) is 0 Å². The van der Waals surface area contributed by atoms with Gasteiger partial charge in [0, 0.05) is 30.0 Å². The molecule has 1 amide bonds. The Morgan fingerprint density at radius 3 is 2.30 bits per heavy atom. The van der Waals surface area contributed by atoms with E-state index < -0.39 is 0 Å². The van der Waals surface area contributed by atoms with E-state index in [1.807, 2.05) is 24.3 Å². The average Bonchev–Trinajstić information content (AvgIpc) is 2.57. The van der Waals surface area contributed by atoms with Gasteiger partial charge in [0.25, 0.3) is 5.91 Å². The van der Waals surface area contributed by atoms with Crippen molar-refractivity contribution >= 4 is 28.9 Å². The molecule has 0 atom stereocenters. The first kappa shape index (κ1) is 17.2. The maximum atomic E-state index is 12.3. The topological polar surface area (TPSA) is 41.6 Å². The minimum Gasteiger partial charge on any atom is -0.495 e. The van der Waals surface area contributed by atoms with Crippen LogP contribution >= 0.6 is 11.6 Å². The number of nitrogens with one attached hydrogen (secondary N) is 1. The molecule has 0 saturated heterocycles. The normalized spacial score (nSPS) is 10.3. The van der Waals surface area contributed by atoms with Gasteiger partial charge in [0.15, 0.2) is 0 Å². The summed E-state index contributed by atoms with van der Waals surface area (Å²) in [5, 5.41) is 3.29. The van der Waals surface area contributed by atoms with E-state index in [1.165, 1.54) is 0 Å². The number of ether oxygens (including phenoxy) is 1. The molecule has 1 N–H and O–H groups in total. The molecule has 5 heteroatoms. The molecular weight excluding hydrogens is 312 g/mol. The molecule has 122 valence electrons. The lowest BCUT2D eigenvalue weighted by atomic mass is 10.1. The number of anilines is 2. The van der Waals surface area contributed by atoms with Gasteiger partial charge in [-0.15, -0.1) is 0 Å². The zero-order valence-electron chi connectivity index (χ0n) is 13.6. The Bertz CT molecular complexity index is 667. The molecule has 0 radical (unpaired) electrons. The second-order valence-corrected chi connectivity index (χ2v) is 5.43. The predicted molar refractivity (Wildman–Crippen MR) is 96.0 cm³/mol. The van der Waals surface area contributed by atoms with Gasteiger partial charge in [0.05, 0.1) is 12.1 Å². The zero-order chi connectivity index (χ0) is 16.8. The third-order valence-electron chi connectivity index (χ3n) is 3.67. The lowest BCUT2D eigenvalue weighted by molar-refractivity contribution is 0.102. The number of hydrogen-bond donors (Lipinski definition) is 1. The first-order valence-electron chi connectivity index (χ1n) is 7.59. The van der Waals surface area contributed by atoms with E-state index in [9.17, 15) is 4.79 Å². The molecule has 0 aliphatic carbocycles. The Kier molecular flexibility index (Phi) is 5.88. The molecule has 2 aromatic rings. The van der Waals surface area contributed by atoms with Crippen LogP contribution in [0.4, 0.5) is 11.4 Å². The molecule has 0 unspecified atom stereocenters. The summed E-state index contributed by atoms with van der Waals surface area (Å²) in [5.74, 6) is 0.408. The summed E-state index contributed by atoms with van der Waals surface area (Å²) in [4.78, 5) is 14.5. The summed E-state index contributed by atoms with van der Waals surface area (Å²) in [6.07, 6.45) is 0. The van der Waals surface area contributed by atoms with E-state index >= 15 is 0 Å². The van der Waals surface area contributed by atoms with Gasteiger partial charge in [-0.2, -0.15) is 0 Å². The highest BCUT2D eigenvalue weighted by Gasteiger charge is 2.09. The lowest BCUT2D eigenvalue weighted by Crippen LogP contribution is -2.21. The summed E-state index contributed by atoms with van der Waals surface area (Å²) in [6.45, 7) is 6.09. The highest BCUT2D eigenvalue weighted by molar-refractivity contribution is 6.32.